The molecule has 0 amide bonds. The maximum atomic E-state index is 11.9. The number of fused-ring (bicyclic) bond motifs is 2. The van der Waals surface area contributed by atoms with Crippen LogP contribution in [0, 0.1) is 0 Å². The number of carbonyl (C=O) groups is 1. The van der Waals surface area contributed by atoms with Crippen molar-refractivity contribution in [2.24, 2.45) is 0 Å². The van der Waals surface area contributed by atoms with Crippen LogP contribution in [0.4, 0.5) is 0 Å². The van der Waals surface area contributed by atoms with Crippen molar-refractivity contribution in [1.29, 1.82) is 0 Å². The first-order chi connectivity index (χ1) is 13.1. The highest BCUT2D eigenvalue weighted by Crippen LogP contribution is 2.50. The molecule has 3 heteroatoms. The number of hydrogen-bond acceptors (Lipinski definition) is 3. The number of esters is 1. The van der Waals surface area contributed by atoms with E-state index >= 15 is 0 Å². The molecule has 2 aliphatic rings. The van der Waals surface area contributed by atoms with Crippen molar-refractivity contribution in [3.63, 3.8) is 0 Å². The molecule has 0 aromatic heterocycles. The van der Waals surface area contributed by atoms with Crippen molar-refractivity contribution in [3.05, 3.63) is 64.2 Å². The van der Waals surface area contributed by atoms with Gasteiger partial charge in [-0.2, -0.15) is 0 Å². The van der Waals surface area contributed by atoms with E-state index < -0.39 is 0 Å². The van der Waals surface area contributed by atoms with Crippen molar-refractivity contribution in [2.75, 3.05) is 7.11 Å². The third-order valence-corrected chi connectivity index (χ3v) is 6.83. The van der Waals surface area contributed by atoms with E-state index in [-0.39, 0.29) is 28.8 Å². The summed E-state index contributed by atoms with van der Waals surface area (Å²) in [5.74, 6) is 0.732. The van der Waals surface area contributed by atoms with Crippen LogP contribution in [0.25, 0.3) is 0 Å². The van der Waals surface area contributed by atoms with Gasteiger partial charge in [0.1, 0.15) is 11.9 Å². The fraction of sp³-hybridized carbons (Fsp3) is 0.480. The Hall–Kier alpha value is -2.29. The standard InChI is InChI=1S/C25H30O3/c1-15-18-13-17(23(26)27-6)8-10-21(18)28-22(15)16-7-9-19-20(14-16)25(4,5)12-11-24(19,2)3/h7-10,13-15,22H,11-12H2,1-6H3. The highest BCUT2D eigenvalue weighted by molar-refractivity contribution is 5.89. The molecule has 1 heterocycles. The van der Waals surface area contributed by atoms with Crippen molar-refractivity contribution >= 4 is 5.97 Å². The first kappa shape index (κ1) is 19.0. The van der Waals surface area contributed by atoms with Gasteiger partial charge in [0.25, 0.3) is 0 Å². The first-order valence-corrected chi connectivity index (χ1v) is 10.2. The lowest BCUT2D eigenvalue weighted by Crippen LogP contribution is -2.34. The van der Waals surface area contributed by atoms with E-state index in [0.29, 0.717) is 5.56 Å². The summed E-state index contributed by atoms with van der Waals surface area (Å²) in [6.45, 7) is 11.6. The molecule has 0 bridgehead atoms. The molecule has 2 unspecified atom stereocenters. The predicted octanol–water partition coefficient (Wildman–Crippen LogP) is 6.06. The zero-order chi connectivity index (χ0) is 20.3. The minimum absolute atomic E-state index is 0.0333. The summed E-state index contributed by atoms with van der Waals surface area (Å²) in [5.41, 5.74) is 6.16. The summed E-state index contributed by atoms with van der Waals surface area (Å²) in [6, 6.07) is 12.5. The number of benzene rings is 2. The fourth-order valence-electron chi connectivity index (χ4n) is 4.80. The van der Waals surface area contributed by atoms with Crippen LogP contribution >= 0.6 is 0 Å². The van der Waals surface area contributed by atoms with E-state index in [1.807, 2.05) is 12.1 Å². The second-order valence-corrected chi connectivity index (χ2v) is 9.64. The van der Waals surface area contributed by atoms with Gasteiger partial charge in [-0.1, -0.05) is 52.8 Å². The lowest BCUT2D eigenvalue weighted by Gasteiger charge is -2.42. The average Bonchev–Trinajstić information content (AvgIpc) is 3.01. The second-order valence-electron chi connectivity index (χ2n) is 9.64. The van der Waals surface area contributed by atoms with Crippen LogP contribution in [-0.4, -0.2) is 13.1 Å². The molecule has 0 radical (unpaired) electrons. The Bertz CT molecular complexity index is 939. The van der Waals surface area contributed by atoms with E-state index in [4.69, 9.17) is 9.47 Å². The van der Waals surface area contributed by atoms with Crippen LogP contribution in [0.5, 0.6) is 5.75 Å². The molecule has 1 aliphatic carbocycles. The van der Waals surface area contributed by atoms with Gasteiger partial charge in [0.15, 0.2) is 0 Å². The number of rotatable bonds is 2. The summed E-state index contributed by atoms with van der Waals surface area (Å²) in [7, 11) is 1.41. The highest BCUT2D eigenvalue weighted by Gasteiger charge is 2.39. The molecule has 2 aromatic carbocycles. The van der Waals surface area contributed by atoms with Gasteiger partial charge in [0, 0.05) is 11.5 Å². The van der Waals surface area contributed by atoms with E-state index in [2.05, 4.69) is 52.8 Å². The molecule has 3 nitrogen and oxygen atoms in total. The molecule has 148 valence electrons. The van der Waals surface area contributed by atoms with Gasteiger partial charge in [0.05, 0.1) is 12.7 Å². The van der Waals surface area contributed by atoms with E-state index in [1.54, 1.807) is 6.07 Å². The fourth-order valence-corrected chi connectivity index (χ4v) is 4.80. The molecule has 28 heavy (non-hydrogen) atoms. The lowest BCUT2D eigenvalue weighted by molar-refractivity contribution is 0.0600. The van der Waals surface area contributed by atoms with Crippen LogP contribution in [0.15, 0.2) is 36.4 Å². The van der Waals surface area contributed by atoms with Gasteiger partial charge in [-0.25, -0.2) is 4.79 Å². The smallest absolute Gasteiger partial charge is 0.337 e. The Morgan fingerprint density at radius 1 is 1.00 bits per heavy atom. The topological polar surface area (TPSA) is 35.5 Å². The van der Waals surface area contributed by atoms with Crippen molar-refractivity contribution < 1.29 is 14.3 Å². The minimum atomic E-state index is -0.309. The molecule has 0 saturated carbocycles. The molecule has 0 spiro atoms. The maximum Gasteiger partial charge on any atom is 0.337 e. The Labute approximate surface area is 168 Å². The quantitative estimate of drug-likeness (QED) is 0.596. The van der Waals surface area contributed by atoms with Crippen molar-refractivity contribution in [1.82, 2.24) is 0 Å². The average molecular weight is 379 g/mol. The Kier molecular flexibility index (Phi) is 4.33. The van der Waals surface area contributed by atoms with Gasteiger partial charge in [0.2, 0.25) is 0 Å². The molecule has 0 fully saturated rings. The lowest BCUT2D eigenvalue weighted by atomic mass is 9.63. The molecule has 0 N–H and O–H groups in total. The van der Waals surface area contributed by atoms with E-state index in [9.17, 15) is 4.79 Å². The van der Waals surface area contributed by atoms with Gasteiger partial charge in [-0.05, 0) is 58.6 Å². The van der Waals surface area contributed by atoms with Crippen molar-refractivity contribution in [2.45, 2.75) is 70.3 Å². The molecule has 1 aliphatic heterocycles. The largest absolute Gasteiger partial charge is 0.485 e. The molecule has 2 aromatic rings. The van der Waals surface area contributed by atoms with Crippen LogP contribution in [0.3, 0.4) is 0 Å². The predicted molar refractivity (Wildman–Crippen MR) is 111 cm³/mol. The number of hydrogen-bond donors (Lipinski definition) is 0. The summed E-state index contributed by atoms with van der Waals surface area (Å²) in [6.07, 6.45) is 2.37. The van der Waals surface area contributed by atoms with Crippen LogP contribution < -0.4 is 4.74 Å². The third kappa shape index (κ3) is 2.92. The summed E-state index contributed by atoms with van der Waals surface area (Å²) < 4.78 is 11.2. The maximum absolute atomic E-state index is 11.9. The molecule has 2 atom stereocenters. The third-order valence-electron chi connectivity index (χ3n) is 6.83. The summed E-state index contributed by atoms with van der Waals surface area (Å²) >= 11 is 0. The first-order valence-electron chi connectivity index (χ1n) is 10.2. The van der Waals surface area contributed by atoms with Gasteiger partial charge in [-0.15, -0.1) is 0 Å². The molecule has 4 rings (SSSR count). The number of ether oxygens (including phenoxy) is 2. The zero-order valence-corrected chi connectivity index (χ0v) is 17.8. The highest BCUT2D eigenvalue weighted by atomic mass is 16.5. The molecular weight excluding hydrogens is 348 g/mol. The Morgan fingerprint density at radius 3 is 2.36 bits per heavy atom. The van der Waals surface area contributed by atoms with Crippen LogP contribution in [0.1, 0.15) is 92.1 Å². The number of methoxy groups -OCH3 is 1. The monoisotopic (exact) mass is 378 g/mol. The Morgan fingerprint density at radius 2 is 1.68 bits per heavy atom. The Balaban J connectivity index is 1.72. The zero-order valence-electron chi connectivity index (χ0n) is 17.8. The number of carbonyl (C=O) groups excluding carboxylic acids is 1. The minimum Gasteiger partial charge on any atom is -0.485 e. The summed E-state index contributed by atoms with van der Waals surface area (Å²) in [4.78, 5) is 11.9. The van der Waals surface area contributed by atoms with Gasteiger partial charge >= 0.3 is 5.97 Å². The molecular formula is C25H30O3. The summed E-state index contributed by atoms with van der Waals surface area (Å²) in [5, 5.41) is 0. The van der Waals surface area contributed by atoms with E-state index in [0.717, 1.165) is 11.3 Å². The second kappa shape index (κ2) is 6.37. The molecule has 0 saturated heterocycles. The normalized spacial score (nSPS) is 24.1. The van der Waals surface area contributed by atoms with Crippen LogP contribution in [0.2, 0.25) is 0 Å². The SMILES string of the molecule is COC(=O)c1ccc2c(c1)C(C)C(c1ccc3c(c1)C(C)(C)CCC3(C)C)O2. The van der Waals surface area contributed by atoms with E-state index in [1.165, 1.54) is 36.6 Å². The van der Waals surface area contributed by atoms with Gasteiger partial charge in [-0.3, -0.25) is 0 Å². The van der Waals surface area contributed by atoms with Gasteiger partial charge < -0.3 is 9.47 Å². The van der Waals surface area contributed by atoms with Crippen LogP contribution in [-0.2, 0) is 15.6 Å². The van der Waals surface area contributed by atoms with Crippen molar-refractivity contribution in [3.8, 4) is 5.75 Å².